The lowest BCUT2D eigenvalue weighted by Crippen LogP contribution is -2.14. The number of hydrogen-bond donors (Lipinski definition) is 0. The van der Waals surface area contributed by atoms with Gasteiger partial charge in [0.1, 0.15) is 0 Å². The number of hydrogen-bond acceptors (Lipinski definition) is 2. The van der Waals surface area contributed by atoms with Gasteiger partial charge in [-0.05, 0) is 119 Å². The highest BCUT2D eigenvalue weighted by Crippen LogP contribution is 2.52. The van der Waals surface area contributed by atoms with Gasteiger partial charge in [-0.25, -0.2) is 0 Å². The molecule has 0 atom stereocenters. The van der Waals surface area contributed by atoms with Crippen molar-refractivity contribution in [3.63, 3.8) is 0 Å². The molecule has 0 amide bonds. The molecule has 0 heterocycles. The Bertz CT molecular complexity index is 2870. The Morgan fingerprint density at radius 1 is 0.293 bits per heavy atom. The first kappa shape index (κ1) is 35.3. The second-order valence-corrected chi connectivity index (χ2v) is 15.5. The molecule has 10 aromatic rings. The van der Waals surface area contributed by atoms with Gasteiger partial charge in [-0.2, -0.15) is 0 Å². The molecule has 0 aliphatic carbocycles. The molecule has 0 spiro atoms. The molecular formula is C56H44N2. The normalized spacial score (nSPS) is 11.4. The van der Waals surface area contributed by atoms with Crippen LogP contribution in [0.4, 0.5) is 34.1 Å². The minimum atomic E-state index is 1.13. The fourth-order valence-corrected chi connectivity index (χ4v) is 9.22. The molecule has 0 aliphatic heterocycles. The van der Waals surface area contributed by atoms with Crippen LogP contribution in [0.25, 0.3) is 54.6 Å². The van der Waals surface area contributed by atoms with Crippen LogP contribution in [0.3, 0.4) is 0 Å². The van der Waals surface area contributed by atoms with Gasteiger partial charge in [-0.15, -0.1) is 0 Å². The lowest BCUT2D eigenvalue weighted by Gasteiger charge is -2.33. The fourth-order valence-electron chi connectivity index (χ4n) is 9.22. The maximum Gasteiger partial charge on any atom is 0.0569 e. The predicted molar refractivity (Wildman–Crippen MR) is 249 cm³/mol. The van der Waals surface area contributed by atoms with Crippen molar-refractivity contribution in [1.82, 2.24) is 0 Å². The van der Waals surface area contributed by atoms with Crippen LogP contribution in [0, 0.1) is 27.7 Å². The van der Waals surface area contributed by atoms with E-state index in [-0.39, 0.29) is 0 Å². The molecule has 0 radical (unpaired) electrons. The van der Waals surface area contributed by atoms with Gasteiger partial charge in [0.15, 0.2) is 0 Å². The monoisotopic (exact) mass is 744 g/mol. The predicted octanol–water partition coefficient (Wildman–Crippen LogP) is 16.1. The molecule has 0 aliphatic rings. The number of aryl methyl sites for hydroxylation is 4. The van der Waals surface area contributed by atoms with Crippen LogP contribution in [-0.4, -0.2) is 0 Å². The maximum absolute atomic E-state index is 2.50. The lowest BCUT2D eigenvalue weighted by molar-refractivity contribution is 1.25. The Kier molecular flexibility index (Phi) is 8.76. The quantitative estimate of drug-likeness (QED) is 0.143. The molecule has 0 saturated carbocycles. The van der Waals surface area contributed by atoms with Crippen LogP contribution in [0.2, 0.25) is 0 Å². The first-order valence-electron chi connectivity index (χ1n) is 20.2. The van der Waals surface area contributed by atoms with Gasteiger partial charge in [0.25, 0.3) is 0 Å². The molecule has 0 unspecified atom stereocenters. The average Bonchev–Trinajstić information content (AvgIpc) is 3.27. The van der Waals surface area contributed by atoms with Crippen molar-refractivity contribution in [1.29, 1.82) is 0 Å². The summed E-state index contributed by atoms with van der Waals surface area (Å²) in [5.74, 6) is 0. The standard InChI is InChI=1S/C56H44N2/c1-37-19-17-29-47(41-21-9-5-10-22-41)55(37)57(43-25-13-7-14-26-43)51-35-39(3)45-32-34-50-52(36-40(4)46-31-33-49(51)53(45)54(46)50)58(44-27-15-8-16-28-44)56-38(2)20-18-30-48(56)42-23-11-6-12-24-42/h5-36H,1-4H3. The molecule has 10 rings (SSSR count). The number of rotatable bonds is 8. The summed E-state index contributed by atoms with van der Waals surface area (Å²) >= 11 is 0. The first-order valence-corrected chi connectivity index (χ1v) is 20.2. The third-order valence-corrected chi connectivity index (χ3v) is 11.9. The highest BCUT2D eigenvalue weighted by atomic mass is 15.2. The van der Waals surface area contributed by atoms with Gasteiger partial charge in [-0.3, -0.25) is 0 Å². The molecule has 278 valence electrons. The lowest BCUT2D eigenvalue weighted by atomic mass is 9.87. The third-order valence-electron chi connectivity index (χ3n) is 11.9. The van der Waals surface area contributed by atoms with Crippen LogP contribution in [0.15, 0.2) is 194 Å². The van der Waals surface area contributed by atoms with E-state index in [0.29, 0.717) is 0 Å². The first-order chi connectivity index (χ1) is 28.5. The molecular weight excluding hydrogens is 701 g/mol. The van der Waals surface area contributed by atoms with Crippen molar-refractivity contribution in [2.24, 2.45) is 0 Å². The van der Waals surface area contributed by atoms with Crippen molar-refractivity contribution in [3.05, 3.63) is 216 Å². The van der Waals surface area contributed by atoms with E-state index in [1.807, 2.05) is 0 Å². The molecule has 0 saturated heterocycles. The molecule has 58 heavy (non-hydrogen) atoms. The Morgan fingerprint density at radius 3 is 1.02 bits per heavy atom. The number of para-hydroxylation sites is 4. The van der Waals surface area contributed by atoms with Gasteiger partial charge in [0, 0.05) is 33.3 Å². The van der Waals surface area contributed by atoms with Gasteiger partial charge >= 0.3 is 0 Å². The van der Waals surface area contributed by atoms with Crippen LogP contribution in [0.1, 0.15) is 22.3 Å². The Morgan fingerprint density at radius 2 is 0.638 bits per heavy atom. The van der Waals surface area contributed by atoms with E-state index in [4.69, 9.17) is 0 Å². The van der Waals surface area contributed by atoms with Crippen molar-refractivity contribution >= 4 is 66.4 Å². The van der Waals surface area contributed by atoms with Crippen molar-refractivity contribution < 1.29 is 0 Å². The molecule has 10 aromatic carbocycles. The van der Waals surface area contributed by atoms with E-state index < -0.39 is 0 Å². The SMILES string of the molecule is Cc1cccc(-c2ccccc2)c1N(c1ccccc1)c1cc(C)c2ccc3c(N(c4ccccc4)c4c(C)cccc4-c4ccccc4)cc(C)c4ccc1c2c43. The number of benzene rings is 10. The molecule has 0 fully saturated rings. The molecule has 2 nitrogen and oxygen atoms in total. The molecule has 0 bridgehead atoms. The molecule has 0 aromatic heterocycles. The Labute approximate surface area is 341 Å². The van der Waals surface area contributed by atoms with E-state index in [1.165, 1.54) is 99.6 Å². The van der Waals surface area contributed by atoms with Crippen LogP contribution in [0.5, 0.6) is 0 Å². The smallest absolute Gasteiger partial charge is 0.0569 e. The van der Waals surface area contributed by atoms with E-state index in [0.717, 1.165) is 11.4 Å². The van der Waals surface area contributed by atoms with E-state index in [1.54, 1.807) is 0 Å². The minimum Gasteiger partial charge on any atom is -0.309 e. The number of nitrogens with zero attached hydrogens (tertiary/aromatic N) is 2. The summed E-state index contributed by atoms with van der Waals surface area (Å²) in [6.07, 6.45) is 0. The zero-order valence-electron chi connectivity index (χ0n) is 33.4. The summed E-state index contributed by atoms with van der Waals surface area (Å²) in [5.41, 5.74) is 16.7. The van der Waals surface area contributed by atoms with Crippen molar-refractivity contribution in [2.45, 2.75) is 27.7 Å². The van der Waals surface area contributed by atoms with Gasteiger partial charge in [-0.1, -0.05) is 158 Å². The van der Waals surface area contributed by atoms with Crippen molar-refractivity contribution in [3.8, 4) is 22.3 Å². The van der Waals surface area contributed by atoms with Crippen LogP contribution >= 0.6 is 0 Å². The zero-order valence-corrected chi connectivity index (χ0v) is 33.4. The summed E-state index contributed by atoms with van der Waals surface area (Å²) in [4.78, 5) is 5.00. The Hall–Kier alpha value is -7.16. The summed E-state index contributed by atoms with van der Waals surface area (Å²) in [6, 6.07) is 71.0. The van der Waals surface area contributed by atoms with Gasteiger partial charge < -0.3 is 9.80 Å². The largest absolute Gasteiger partial charge is 0.309 e. The minimum absolute atomic E-state index is 1.13. The second-order valence-electron chi connectivity index (χ2n) is 15.5. The summed E-state index contributed by atoms with van der Waals surface area (Å²) < 4.78 is 0. The summed E-state index contributed by atoms with van der Waals surface area (Å²) in [6.45, 7) is 9.03. The summed E-state index contributed by atoms with van der Waals surface area (Å²) in [5, 5.41) is 7.61. The van der Waals surface area contributed by atoms with Crippen LogP contribution < -0.4 is 9.80 Å². The fraction of sp³-hybridized carbons (Fsp3) is 0.0714. The maximum atomic E-state index is 2.50. The van der Waals surface area contributed by atoms with E-state index in [2.05, 4.69) is 232 Å². The van der Waals surface area contributed by atoms with Gasteiger partial charge in [0.05, 0.1) is 22.7 Å². The highest BCUT2D eigenvalue weighted by Gasteiger charge is 2.27. The average molecular weight is 745 g/mol. The topological polar surface area (TPSA) is 6.48 Å². The third kappa shape index (κ3) is 5.80. The van der Waals surface area contributed by atoms with E-state index in [9.17, 15) is 0 Å². The highest BCUT2D eigenvalue weighted by molar-refractivity contribution is 6.29. The molecule has 0 N–H and O–H groups in total. The van der Waals surface area contributed by atoms with E-state index >= 15 is 0 Å². The van der Waals surface area contributed by atoms with Crippen LogP contribution in [-0.2, 0) is 0 Å². The van der Waals surface area contributed by atoms with Crippen molar-refractivity contribution in [2.75, 3.05) is 9.80 Å². The van der Waals surface area contributed by atoms with Gasteiger partial charge in [0.2, 0.25) is 0 Å². The summed E-state index contributed by atoms with van der Waals surface area (Å²) in [7, 11) is 0. The number of anilines is 6. The Balaban J connectivity index is 1.30. The molecule has 2 heteroatoms. The zero-order chi connectivity index (χ0) is 39.3. The second kappa shape index (κ2) is 14.4.